The number of hydrogen-bond donors (Lipinski definition) is 3. The number of aryl methyl sites for hydroxylation is 1. The summed E-state index contributed by atoms with van der Waals surface area (Å²) in [6.45, 7) is 4.43. The fourth-order valence-electron chi connectivity index (χ4n) is 3.77. The van der Waals surface area contributed by atoms with Crippen LogP contribution in [0.5, 0.6) is 0 Å². The van der Waals surface area contributed by atoms with Gasteiger partial charge in [0, 0.05) is 37.7 Å². The van der Waals surface area contributed by atoms with Crippen molar-refractivity contribution in [3.63, 3.8) is 0 Å². The van der Waals surface area contributed by atoms with Gasteiger partial charge in [-0.3, -0.25) is 14.4 Å². The summed E-state index contributed by atoms with van der Waals surface area (Å²) in [5.74, 6) is 0.607. The van der Waals surface area contributed by atoms with Gasteiger partial charge >= 0.3 is 0 Å². The van der Waals surface area contributed by atoms with Crippen LogP contribution in [0.1, 0.15) is 30.3 Å². The summed E-state index contributed by atoms with van der Waals surface area (Å²) < 4.78 is 5.43. The average molecular weight is 481 g/mol. The Hall–Kier alpha value is -3.93. The molecular formula is C23H28N8O4. The molecule has 12 nitrogen and oxygen atoms in total. The van der Waals surface area contributed by atoms with Crippen LogP contribution < -0.4 is 21.3 Å². The van der Waals surface area contributed by atoms with Crippen LogP contribution in [-0.2, 0) is 38.5 Å². The number of carbonyl (C=O) groups excluding carboxylic acids is 3. The standard InChI is InChI=1S/C23H28N8O4/c1-14(23(24)34)26-21(32)5-4-18-28-19(12-20(29-18)31-6-8-35-9-7-31)30-25-13-15-2-3-17-16(10-15)11-22(33)27-17/h2-3,10,12,14H,4-9,11,13H2,1H3,(H2,24,34)(H,26,32)(H,27,33). The third-order valence-corrected chi connectivity index (χ3v) is 5.68. The smallest absolute Gasteiger partial charge is 0.239 e. The van der Waals surface area contributed by atoms with Gasteiger partial charge in [0.2, 0.25) is 17.7 Å². The van der Waals surface area contributed by atoms with Crippen molar-refractivity contribution >= 4 is 35.0 Å². The first-order valence-electron chi connectivity index (χ1n) is 11.5. The number of nitrogens with two attached hydrogens (primary N) is 1. The molecule has 3 heterocycles. The van der Waals surface area contributed by atoms with E-state index in [0.29, 0.717) is 56.7 Å². The number of ether oxygens (including phenoxy) is 1. The number of morpholine rings is 1. The van der Waals surface area contributed by atoms with Crippen molar-refractivity contribution in [2.75, 3.05) is 36.5 Å². The van der Waals surface area contributed by atoms with E-state index < -0.39 is 11.9 Å². The number of fused-ring (bicyclic) bond motifs is 1. The Morgan fingerprint density at radius 1 is 1.26 bits per heavy atom. The van der Waals surface area contributed by atoms with Crippen molar-refractivity contribution in [1.82, 2.24) is 15.3 Å². The summed E-state index contributed by atoms with van der Waals surface area (Å²) in [5.41, 5.74) is 7.92. The van der Waals surface area contributed by atoms with E-state index in [2.05, 4.69) is 35.7 Å². The van der Waals surface area contributed by atoms with Crippen LogP contribution in [-0.4, -0.2) is 60.0 Å². The molecule has 2 aliphatic heterocycles. The molecule has 4 rings (SSSR count). The Kier molecular flexibility index (Phi) is 7.60. The Morgan fingerprint density at radius 2 is 2.06 bits per heavy atom. The number of nitrogens with one attached hydrogen (secondary N) is 2. The fourth-order valence-corrected chi connectivity index (χ4v) is 3.77. The first kappa shape index (κ1) is 24.2. The molecule has 0 aliphatic carbocycles. The van der Waals surface area contributed by atoms with Gasteiger partial charge in [-0.05, 0) is 24.1 Å². The first-order chi connectivity index (χ1) is 16.9. The van der Waals surface area contributed by atoms with Crippen LogP contribution >= 0.6 is 0 Å². The van der Waals surface area contributed by atoms with E-state index in [1.807, 2.05) is 18.2 Å². The second kappa shape index (κ2) is 11.0. The van der Waals surface area contributed by atoms with Gasteiger partial charge in [0.15, 0.2) is 5.82 Å². The minimum absolute atomic E-state index is 0.0132. The monoisotopic (exact) mass is 480 g/mol. The number of amides is 3. The molecule has 0 radical (unpaired) electrons. The number of carbonyl (C=O) groups is 3. The molecule has 0 saturated carbocycles. The number of azo groups is 1. The van der Waals surface area contributed by atoms with Gasteiger partial charge in [0.05, 0.1) is 26.2 Å². The van der Waals surface area contributed by atoms with E-state index in [9.17, 15) is 14.4 Å². The summed E-state index contributed by atoms with van der Waals surface area (Å²) in [4.78, 5) is 46.0. The zero-order valence-corrected chi connectivity index (χ0v) is 19.5. The van der Waals surface area contributed by atoms with E-state index >= 15 is 0 Å². The molecule has 1 fully saturated rings. The number of hydrogen-bond acceptors (Lipinski definition) is 9. The normalized spacial score (nSPS) is 16.1. The molecule has 4 N–H and O–H groups in total. The lowest BCUT2D eigenvalue weighted by atomic mass is 10.1. The van der Waals surface area contributed by atoms with Crippen molar-refractivity contribution < 1.29 is 19.1 Å². The van der Waals surface area contributed by atoms with Gasteiger partial charge < -0.3 is 26.0 Å². The lowest BCUT2D eigenvalue weighted by Crippen LogP contribution is -2.42. The third kappa shape index (κ3) is 6.57. The largest absolute Gasteiger partial charge is 0.378 e. The maximum atomic E-state index is 12.2. The zero-order valence-electron chi connectivity index (χ0n) is 19.5. The Labute approximate surface area is 202 Å². The minimum atomic E-state index is -0.749. The molecule has 35 heavy (non-hydrogen) atoms. The first-order valence-corrected chi connectivity index (χ1v) is 11.5. The Bertz CT molecular complexity index is 1150. The Balaban J connectivity index is 1.46. The number of primary amides is 1. The van der Waals surface area contributed by atoms with E-state index in [4.69, 9.17) is 10.5 Å². The minimum Gasteiger partial charge on any atom is -0.378 e. The molecule has 12 heteroatoms. The predicted octanol–water partition coefficient (Wildman–Crippen LogP) is 1.01. The zero-order chi connectivity index (χ0) is 24.8. The summed E-state index contributed by atoms with van der Waals surface area (Å²) >= 11 is 0. The van der Waals surface area contributed by atoms with E-state index in [1.165, 1.54) is 6.92 Å². The number of benzene rings is 1. The molecule has 2 aromatic rings. The van der Waals surface area contributed by atoms with Crippen molar-refractivity contribution in [2.24, 2.45) is 16.0 Å². The summed E-state index contributed by atoms with van der Waals surface area (Å²) in [5, 5.41) is 14.0. The highest BCUT2D eigenvalue weighted by Gasteiger charge is 2.18. The van der Waals surface area contributed by atoms with Crippen LogP contribution in [0.15, 0.2) is 34.5 Å². The summed E-state index contributed by atoms with van der Waals surface area (Å²) in [7, 11) is 0. The summed E-state index contributed by atoms with van der Waals surface area (Å²) in [6, 6.07) is 6.73. The molecule has 1 aromatic heterocycles. The van der Waals surface area contributed by atoms with Gasteiger partial charge in [-0.2, -0.15) is 5.11 Å². The van der Waals surface area contributed by atoms with Gasteiger partial charge in [0.25, 0.3) is 0 Å². The molecule has 3 amide bonds. The summed E-state index contributed by atoms with van der Waals surface area (Å²) in [6.07, 6.45) is 0.733. The number of anilines is 2. The Morgan fingerprint density at radius 3 is 2.83 bits per heavy atom. The van der Waals surface area contributed by atoms with Crippen LogP contribution in [0.2, 0.25) is 0 Å². The maximum absolute atomic E-state index is 12.2. The highest BCUT2D eigenvalue weighted by atomic mass is 16.5. The van der Waals surface area contributed by atoms with E-state index in [0.717, 1.165) is 16.8 Å². The van der Waals surface area contributed by atoms with Crippen LogP contribution in [0.3, 0.4) is 0 Å². The van der Waals surface area contributed by atoms with Gasteiger partial charge in [-0.25, -0.2) is 9.97 Å². The van der Waals surface area contributed by atoms with Crippen molar-refractivity contribution in [2.45, 2.75) is 38.8 Å². The molecule has 0 bridgehead atoms. The van der Waals surface area contributed by atoms with Crippen molar-refractivity contribution in [3.05, 3.63) is 41.2 Å². The molecule has 0 spiro atoms. The third-order valence-electron chi connectivity index (χ3n) is 5.68. The van der Waals surface area contributed by atoms with Gasteiger partial charge in [-0.1, -0.05) is 12.1 Å². The topological polar surface area (TPSA) is 164 Å². The number of nitrogens with zero attached hydrogens (tertiary/aromatic N) is 5. The lowest BCUT2D eigenvalue weighted by molar-refractivity contribution is -0.126. The molecule has 1 atom stereocenters. The van der Waals surface area contributed by atoms with E-state index in [-0.39, 0.29) is 24.7 Å². The molecule has 1 aromatic carbocycles. The highest BCUT2D eigenvalue weighted by Crippen LogP contribution is 2.25. The van der Waals surface area contributed by atoms with Crippen LogP contribution in [0.25, 0.3) is 0 Å². The highest BCUT2D eigenvalue weighted by molar-refractivity contribution is 5.99. The van der Waals surface area contributed by atoms with Crippen molar-refractivity contribution in [3.8, 4) is 0 Å². The molecule has 1 saturated heterocycles. The van der Waals surface area contributed by atoms with Gasteiger partial charge in [0.1, 0.15) is 17.7 Å². The number of aromatic nitrogens is 2. The lowest BCUT2D eigenvalue weighted by Gasteiger charge is -2.28. The van der Waals surface area contributed by atoms with E-state index in [1.54, 1.807) is 6.07 Å². The van der Waals surface area contributed by atoms with Gasteiger partial charge in [-0.15, -0.1) is 5.11 Å². The average Bonchev–Trinajstić information content (AvgIpc) is 3.22. The predicted molar refractivity (Wildman–Crippen MR) is 127 cm³/mol. The molecule has 184 valence electrons. The quantitative estimate of drug-likeness (QED) is 0.451. The maximum Gasteiger partial charge on any atom is 0.239 e. The molecule has 2 aliphatic rings. The molecule has 1 unspecified atom stereocenters. The fraction of sp³-hybridized carbons (Fsp3) is 0.435. The van der Waals surface area contributed by atoms with Crippen LogP contribution in [0.4, 0.5) is 17.3 Å². The van der Waals surface area contributed by atoms with Crippen molar-refractivity contribution in [1.29, 1.82) is 0 Å². The SMILES string of the molecule is CC(NC(=O)CCc1nc(N=NCc2ccc3c(c2)CC(=O)N3)cc(N2CCOCC2)n1)C(N)=O. The molecular weight excluding hydrogens is 452 g/mol. The second-order valence-electron chi connectivity index (χ2n) is 8.41. The second-order valence-corrected chi connectivity index (χ2v) is 8.41. The van der Waals surface area contributed by atoms with Crippen LogP contribution in [0, 0.1) is 0 Å². The number of rotatable bonds is 9.